The Bertz CT molecular complexity index is 673. The molecule has 0 fully saturated rings. The summed E-state index contributed by atoms with van der Waals surface area (Å²) >= 11 is 0. The second-order valence-electron chi connectivity index (χ2n) is 4.57. The number of benzene rings is 2. The highest BCUT2D eigenvalue weighted by molar-refractivity contribution is 5.88. The molecule has 2 N–H and O–H groups in total. The van der Waals surface area contributed by atoms with Crippen LogP contribution in [0.5, 0.6) is 0 Å². The van der Waals surface area contributed by atoms with Crippen LogP contribution in [0, 0.1) is 5.82 Å². The van der Waals surface area contributed by atoms with Crippen molar-refractivity contribution < 1.29 is 14.3 Å². The van der Waals surface area contributed by atoms with Gasteiger partial charge in [-0.15, -0.1) is 0 Å². The highest BCUT2D eigenvalue weighted by Crippen LogP contribution is 2.35. The van der Waals surface area contributed by atoms with Crippen molar-refractivity contribution in [2.45, 2.75) is 0 Å². The van der Waals surface area contributed by atoms with Crippen LogP contribution in [0.3, 0.4) is 0 Å². The first-order chi connectivity index (χ1) is 9.66. The number of carbonyl (C=O) groups is 1. The first-order valence-electron chi connectivity index (χ1n) is 6.30. The molecule has 1 heterocycles. The number of nitrogens with zero attached hydrogens (tertiary/aromatic N) is 1. The minimum atomic E-state index is -1.13. The molecule has 0 saturated heterocycles. The normalized spacial score (nSPS) is 13.6. The fourth-order valence-electron chi connectivity index (χ4n) is 2.39. The third-order valence-electron chi connectivity index (χ3n) is 3.33. The molecule has 0 amide bonds. The van der Waals surface area contributed by atoms with Gasteiger partial charge in [-0.1, -0.05) is 12.1 Å². The molecule has 0 aromatic heterocycles. The molecular formula is C15H13FN2O2. The van der Waals surface area contributed by atoms with Crippen molar-refractivity contribution in [2.75, 3.05) is 23.3 Å². The van der Waals surface area contributed by atoms with Gasteiger partial charge in [-0.25, -0.2) is 9.18 Å². The summed E-state index contributed by atoms with van der Waals surface area (Å²) in [4.78, 5) is 12.7. The number of carboxylic acids is 1. The molecule has 102 valence electrons. The van der Waals surface area contributed by atoms with E-state index in [0.29, 0.717) is 18.8 Å². The molecule has 0 radical (unpaired) electrons. The summed E-state index contributed by atoms with van der Waals surface area (Å²) < 4.78 is 14.2. The van der Waals surface area contributed by atoms with Gasteiger partial charge in [0.05, 0.1) is 22.6 Å². The number of halogens is 1. The van der Waals surface area contributed by atoms with E-state index in [2.05, 4.69) is 5.32 Å². The second-order valence-corrected chi connectivity index (χ2v) is 4.57. The lowest BCUT2D eigenvalue weighted by molar-refractivity contribution is 0.0696. The summed E-state index contributed by atoms with van der Waals surface area (Å²) in [7, 11) is 0. The van der Waals surface area contributed by atoms with Crippen LogP contribution in [0.4, 0.5) is 21.5 Å². The van der Waals surface area contributed by atoms with Crippen LogP contribution >= 0.6 is 0 Å². The van der Waals surface area contributed by atoms with Gasteiger partial charge in [-0.05, 0) is 30.3 Å². The van der Waals surface area contributed by atoms with Crippen molar-refractivity contribution in [1.29, 1.82) is 0 Å². The van der Waals surface area contributed by atoms with Crippen molar-refractivity contribution in [3.8, 4) is 0 Å². The number of rotatable bonds is 2. The van der Waals surface area contributed by atoms with Gasteiger partial charge in [0, 0.05) is 13.1 Å². The van der Waals surface area contributed by atoms with Crippen molar-refractivity contribution in [3.63, 3.8) is 0 Å². The predicted molar refractivity (Wildman–Crippen MR) is 75.3 cm³/mol. The minimum Gasteiger partial charge on any atom is -0.478 e. The van der Waals surface area contributed by atoms with Crippen LogP contribution in [0.2, 0.25) is 0 Å². The second kappa shape index (κ2) is 4.85. The van der Waals surface area contributed by atoms with E-state index in [9.17, 15) is 9.18 Å². The van der Waals surface area contributed by atoms with Crippen molar-refractivity contribution in [2.24, 2.45) is 0 Å². The van der Waals surface area contributed by atoms with E-state index in [-0.39, 0.29) is 5.56 Å². The third kappa shape index (κ3) is 2.07. The van der Waals surface area contributed by atoms with Gasteiger partial charge in [-0.3, -0.25) is 0 Å². The maximum Gasteiger partial charge on any atom is 0.335 e. The zero-order chi connectivity index (χ0) is 14.1. The first kappa shape index (κ1) is 12.5. The predicted octanol–water partition coefficient (Wildman–Crippen LogP) is 3.09. The van der Waals surface area contributed by atoms with E-state index >= 15 is 0 Å². The molecule has 1 aliphatic heterocycles. The highest BCUT2D eigenvalue weighted by atomic mass is 19.1. The molecule has 2 aromatic rings. The third-order valence-corrected chi connectivity index (χ3v) is 3.33. The van der Waals surface area contributed by atoms with Crippen molar-refractivity contribution in [1.82, 2.24) is 0 Å². The molecule has 0 aliphatic carbocycles. The zero-order valence-corrected chi connectivity index (χ0v) is 10.6. The lowest BCUT2D eigenvalue weighted by atomic mass is 10.1. The summed E-state index contributed by atoms with van der Waals surface area (Å²) in [6.45, 7) is 1.33. The molecule has 20 heavy (non-hydrogen) atoms. The number of carboxylic acid groups (broad SMARTS) is 1. The Morgan fingerprint density at radius 3 is 2.75 bits per heavy atom. The molecule has 5 heteroatoms. The largest absolute Gasteiger partial charge is 0.478 e. The number of hydrogen-bond acceptors (Lipinski definition) is 3. The molecule has 2 aromatic carbocycles. The summed E-state index contributed by atoms with van der Waals surface area (Å²) in [6.07, 6.45) is 0. The number of nitrogens with one attached hydrogen (secondary N) is 1. The Kier molecular flexibility index (Phi) is 3.02. The Hall–Kier alpha value is -2.56. The van der Waals surface area contributed by atoms with Gasteiger partial charge in [0.15, 0.2) is 0 Å². The molecule has 0 saturated carbocycles. The summed E-state index contributed by atoms with van der Waals surface area (Å²) in [5.74, 6) is -1.65. The summed E-state index contributed by atoms with van der Waals surface area (Å²) in [5.41, 5.74) is 2.18. The van der Waals surface area contributed by atoms with Gasteiger partial charge in [0.1, 0.15) is 5.82 Å². The molecule has 0 unspecified atom stereocenters. The van der Waals surface area contributed by atoms with Crippen LogP contribution in [0.15, 0.2) is 42.5 Å². The monoisotopic (exact) mass is 272 g/mol. The van der Waals surface area contributed by atoms with Gasteiger partial charge in [0.2, 0.25) is 0 Å². The number of fused-ring (bicyclic) bond motifs is 1. The van der Waals surface area contributed by atoms with Crippen LogP contribution in [-0.2, 0) is 0 Å². The van der Waals surface area contributed by atoms with Crippen molar-refractivity contribution >= 4 is 23.0 Å². The Morgan fingerprint density at radius 2 is 2.00 bits per heavy atom. The van der Waals surface area contributed by atoms with Crippen LogP contribution in [0.1, 0.15) is 10.4 Å². The average Bonchev–Trinajstić information content (AvgIpc) is 2.46. The molecule has 0 atom stereocenters. The Balaban J connectivity index is 2.04. The van der Waals surface area contributed by atoms with E-state index in [1.807, 2.05) is 29.2 Å². The summed E-state index contributed by atoms with van der Waals surface area (Å²) in [5, 5.41) is 12.1. The fraction of sp³-hybridized carbons (Fsp3) is 0.133. The maximum absolute atomic E-state index is 14.2. The standard InChI is InChI=1S/C15H13FN2O2/c16-11-9-10(15(19)20)5-6-13(11)18-8-7-17-12-3-1-2-4-14(12)18/h1-6,9,17H,7-8H2,(H,19,20). The van der Waals surface area contributed by atoms with Crippen LogP contribution < -0.4 is 10.2 Å². The topological polar surface area (TPSA) is 52.6 Å². The Labute approximate surface area is 115 Å². The number of anilines is 3. The molecule has 1 aliphatic rings. The van der Waals surface area contributed by atoms with Crippen LogP contribution in [0.25, 0.3) is 0 Å². The molecule has 4 nitrogen and oxygen atoms in total. The number of hydrogen-bond donors (Lipinski definition) is 2. The van der Waals surface area contributed by atoms with E-state index in [1.165, 1.54) is 12.1 Å². The Morgan fingerprint density at radius 1 is 1.20 bits per heavy atom. The summed E-state index contributed by atoms with van der Waals surface area (Å²) in [6, 6.07) is 11.6. The minimum absolute atomic E-state index is 0.0466. The highest BCUT2D eigenvalue weighted by Gasteiger charge is 2.20. The quantitative estimate of drug-likeness (QED) is 0.882. The SMILES string of the molecule is O=C(O)c1ccc(N2CCNc3ccccc32)c(F)c1. The van der Waals surface area contributed by atoms with Gasteiger partial charge < -0.3 is 15.3 Å². The van der Waals surface area contributed by atoms with Crippen LogP contribution in [-0.4, -0.2) is 24.2 Å². The maximum atomic E-state index is 14.2. The zero-order valence-electron chi connectivity index (χ0n) is 10.6. The van der Waals surface area contributed by atoms with E-state index < -0.39 is 11.8 Å². The van der Waals surface area contributed by atoms with Gasteiger partial charge in [0.25, 0.3) is 0 Å². The smallest absolute Gasteiger partial charge is 0.335 e. The van der Waals surface area contributed by atoms with E-state index in [0.717, 1.165) is 17.4 Å². The first-order valence-corrected chi connectivity index (χ1v) is 6.30. The lowest BCUT2D eigenvalue weighted by Crippen LogP contribution is -2.30. The van der Waals surface area contributed by atoms with Crippen molar-refractivity contribution in [3.05, 3.63) is 53.8 Å². The molecule has 0 spiro atoms. The van der Waals surface area contributed by atoms with E-state index in [1.54, 1.807) is 0 Å². The molecular weight excluding hydrogens is 259 g/mol. The van der Waals surface area contributed by atoms with E-state index in [4.69, 9.17) is 5.11 Å². The van der Waals surface area contributed by atoms with Gasteiger partial charge in [-0.2, -0.15) is 0 Å². The number of aromatic carboxylic acids is 1. The average molecular weight is 272 g/mol. The van der Waals surface area contributed by atoms with Gasteiger partial charge >= 0.3 is 5.97 Å². The molecule has 0 bridgehead atoms. The lowest BCUT2D eigenvalue weighted by Gasteiger charge is -2.32. The molecule has 3 rings (SSSR count). The number of para-hydroxylation sites is 2. The fourth-order valence-corrected chi connectivity index (χ4v) is 2.39.